The number of nitrogens with one attached hydrogen (secondary N) is 2. The van der Waals surface area contributed by atoms with Crippen molar-refractivity contribution >= 4 is 11.8 Å². The molecule has 0 aromatic rings. The molecule has 0 aromatic heterocycles. The Bertz CT molecular complexity index is 244. The molecule has 4 N–H and O–H groups in total. The topological polar surface area (TPSA) is 93.5 Å². The van der Waals surface area contributed by atoms with Gasteiger partial charge in [-0.2, -0.15) is 0 Å². The van der Waals surface area contributed by atoms with E-state index < -0.39 is 0 Å². The molecular formula is C11H23N3O3. The summed E-state index contributed by atoms with van der Waals surface area (Å²) in [7, 11) is 1.56. The van der Waals surface area contributed by atoms with Gasteiger partial charge in [0.2, 0.25) is 11.8 Å². The van der Waals surface area contributed by atoms with Gasteiger partial charge in [0.15, 0.2) is 0 Å². The van der Waals surface area contributed by atoms with E-state index in [0.717, 1.165) is 0 Å². The lowest BCUT2D eigenvalue weighted by molar-refractivity contribution is -0.129. The quantitative estimate of drug-likeness (QED) is 0.483. The maximum absolute atomic E-state index is 11.7. The van der Waals surface area contributed by atoms with Crippen molar-refractivity contribution in [2.24, 2.45) is 17.6 Å². The van der Waals surface area contributed by atoms with Gasteiger partial charge in [-0.25, -0.2) is 0 Å². The molecule has 0 fully saturated rings. The Morgan fingerprint density at radius 2 is 1.94 bits per heavy atom. The summed E-state index contributed by atoms with van der Waals surface area (Å²) in [6, 6.07) is 0. The number of rotatable bonds is 8. The molecule has 0 aliphatic rings. The highest BCUT2D eigenvalue weighted by Crippen LogP contribution is 2.08. The zero-order chi connectivity index (χ0) is 13.3. The van der Waals surface area contributed by atoms with Crippen LogP contribution >= 0.6 is 0 Å². The third-order valence-electron chi connectivity index (χ3n) is 2.45. The number of hydrogen-bond acceptors (Lipinski definition) is 4. The third-order valence-corrected chi connectivity index (χ3v) is 2.45. The Morgan fingerprint density at radius 1 is 1.29 bits per heavy atom. The molecule has 0 radical (unpaired) electrons. The standard InChI is InChI=1S/C11H23N3O3/c1-8(2)9(6-12)11(16)14-7-10(15)13-4-5-17-3/h8-9H,4-7,12H2,1-3H3,(H,13,15)(H,14,16). The van der Waals surface area contributed by atoms with E-state index in [0.29, 0.717) is 13.2 Å². The van der Waals surface area contributed by atoms with Crippen LogP contribution in [0.15, 0.2) is 0 Å². The average Bonchev–Trinajstić information content (AvgIpc) is 2.27. The first kappa shape index (κ1) is 15.9. The normalized spacial score (nSPS) is 12.3. The molecule has 0 aliphatic carbocycles. The van der Waals surface area contributed by atoms with E-state index in [9.17, 15) is 9.59 Å². The summed E-state index contributed by atoms with van der Waals surface area (Å²) in [6.07, 6.45) is 0. The van der Waals surface area contributed by atoms with Crippen molar-refractivity contribution in [3.63, 3.8) is 0 Å². The molecule has 1 atom stereocenters. The Hall–Kier alpha value is -1.14. The van der Waals surface area contributed by atoms with Gasteiger partial charge in [0.1, 0.15) is 0 Å². The molecule has 0 rings (SSSR count). The van der Waals surface area contributed by atoms with Crippen LogP contribution in [0.4, 0.5) is 0 Å². The van der Waals surface area contributed by atoms with Crippen molar-refractivity contribution < 1.29 is 14.3 Å². The molecule has 0 spiro atoms. The van der Waals surface area contributed by atoms with Crippen LogP contribution in [-0.2, 0) is 14.3 Å². The molecule has 0 bridgehead atoms. The summed E-state index contributed by atoms with van der Waals surface area (Å²) in [5, 5.41) is 5.19. The third kappa shape index (κ3) is 6.91. The van der Waals surface area contributed by atoms with Gasteiger partial charge in [-0.1, -0.05) is 13.8 Å². The van der Waals surface area contributed by atoms with E-state index in [-0.39, 0.29) is 36.7 Å². The molecule has 6 nitrogen and oxygen atoms in total. The number of carbonyl (C=O) groups is 2. The van der Waals surface area contributed by atoms with Crippen molar-refractivity contribution in [1.29, 1.82) is 0 Å². The fourth-order valence-corrected chi connectivity index (χ4v) is 1.34. The van der Waals surface area contributed by atoms with Crippen LogP contribution in [0.2, 0.25) is 0 Å². The summed E-state index contributed by atoms with van der Waals surface area (Å²) >= 11 is 0. The highest BCUT2D eigenvalue weighted by Gasteiger charge is 2.20. The lowest BCUT2D eigenvalue weighted by Gasteiger charge is -2.17. The van der Waals surface area contributed by atoms with Crippen molar-refractivity contribution in [3.8, 4) is 0 Å². The smallest absolute Gasteiger partial charge is 0.239 e. The minimum atomic E-state index is -0.248. The molecule has 0 aromatic carbocycles. The van der Waals surface area contributed by atoms with Crippen LogP contribution < -0.4 is 16.4 Å². The largest absolute Gasteiger partial charge is 0.383 e. The Balaban J connectivity index is 3.86. The van der Waals surface area contributed by atoms with E-state index in [1.165, 1.54) is 0 Å². The van der Waals surface area contributed by atoms with Crippen LogP contribution in [-0.4, -0.2) is 45.2 Å². The van der Waals surface area contributed by atoms with E-state index in [2.05, 4.69) is 10.6 Å². The predicted molar refractivity (Wildman–Crippen MR) is 65.3 cm³/mol. The van der Waals surface area contributed by atoms with Crippen molar-refractivity contribution in [1.82, 2.24) is 10.6 Å². The fraction of sp³-hybridized carbons (Fsp3) is 0.818. The Labute approximate surface area is 102 Å². The summed E-state index contributed by atoms with van der Waals surface area (Å²) in [4.78, 5) is 22.9. The minimum absolute atomic E-state index is 0.0221. The summed E-state index contributed by atoms with van der Waals surface area (Å²) in [6.45, 7) is 5.01. The lowest BCUT2D eigenvalue weighted by atomic mass is 9.95. The van der Waals surface area contributed by atoms with Crippen LogP contribution in [0.1, 0.15) is 13.8 Å². The summed E-state index contributed by atoms with van der Waals surface area (Å²) in [5.74, 6) is -0.488. The van der Waals surface area contributed by atoms with Crippen LogP contribution in [0, 0.1) is 11.8 Å². The molecule has 17 heavy (non-hydrogen) atoms. The Morgan fingerprint density at radius 3 is 2.41 bits per heavy atom. The predicted octanol–water partition coefficient (Wildman–Crippen LogP) is -0.904. The zero-order valence-electron chi connectivity index (χ0n) is 10.8. The van der Waals surface area contributed by atoms with Crippen molar-refractivity contribution in [2.75, 3.05) is 33.4 Å². The van der Waals surface area contributed by atoms with Gasteiger partial charge in [0.25, 0.3) is 0 Å². The highest BCUT2D eigenvalue weighted by atomic mass is 16.5. The van der Waals surface area contributed by atoms with Crippen LogP contribution in [0.5, 0.6) is 0 Å². The van der Waals surface area contributed by atoms with Gasteiger partial charge in [-0.05, 0) is 5.92 Å². The second-order valence-electron chi connectivity index (χ2n) is 4.15. The van der Waals surface area contributed by atoms with Crippen molar-refractivity contribution in [2.45, 2.75) is 13.8 Å². The summed E-state index contributed by atoms with van der Waals surface area (Å²) in [5.41, 5.74) is 5.50. The van der Waals surface area contributed by atoms with E-state index in [1.54, 1.807) is 7.11 Å². The molecule has 0 aliphatic heterocycles. The molecule has 2 amide bonds. The number of ether oxygens (including phenoxy) is 1. The molecular weight excluding hydrogens is 222 g/mol. The molecule has 6 heteroatoms. The monoisotopic (exact) mass is 245 g/mol. The van der Waals surface area contributed by atoms with E-state index in [1.807, 2.05) is 13.8 Å². The second-order valence-corrected chi connectivity index (χ2v) is 4.15. The number of hydrogen-bond donors (Lipinski definition) is 3. The van der Waals surface area contributed by atoms with Gasteiger partial charge in [-0.15, -0.1) is 0 Å². The molecule has 100 valence electrons. The number of methoxy groups -OCH3 is 1. The molecule has 0 saturated carbocycles. The maximum atomic E-state index is 11.7. The van der Waals surface area contributed by atoms with Gasteiger partial charge >= 0.3 is 0 Å². The summed E-state index contributed by atoms with van der Waals surface area (Å²) < 4.78 is 4.79. The maximum Gasteiger partial charge on any atom is 0.239 e. The molecule has 1 unspecified atom stereocenters. The number of amides is 2. The van der Waals surface area contributed by atoms with Gasteiger partial charge in [0, 0.05) is 20.2 Å². The highest BCUT2D eigenvalue weighted by molar-refractivity contribution is 5.85. The van der Waals surface area contributed by atoms with Gasteiger partial charge in [0.05, 0.1) is 19.1 Å². The van der Waals surface area contributed by atoms with Gasteiger partial charge in [-0.3, -0.25) is 9.59 Å². The first-order valence-electron chi connectivity index (χ1n) is 5.76. The van der Waals surface area contributed by atoms with E-state index in [4.69, 9.17) is 10.5 Å². The number of carbonyl (C=O) groups excluding carboxylic acids is 2. The van der Waals surface area contributed by atoms with Crippen LogP contribution in [0.3, 0.4) is 0 Å². The first-order chi connectivity index (χ1) is 8.02. The minimum Gasteiger partial charge on any atom is -0.383 e. The zero-order valence-corrected chi connectivity index (χ0v) is 10.8. The van der Waals surface area contributed by atoms with E-state index >= 15 is 0 Å². The molecule has 0 heterocycles. The first-order valence-corrected chi connectivity index (χ1v) is 5.76. The van der Waals surface area contributed by atoms with Gasteiger partial charge < -0.3 is 21.1 Å². The Kier molecular flexibility index (Phi) is 8.35. The van der Waals surface area contributed by atoms with Crippen LogP contribution in [0.25, 0.3) is 0 Å². The SMILES string of the molecule is COCCNC(=O)CNC(=O)C(CN)C(C)C. The number of nitrogens with two attached hydrogens (primary N) is 1. The average molecular weight is 245 g/mol. The lowest BCUT2D eigenvalue weighted by Crippen LogP contribution is -2.43. The second kappa shape index (κ2) is 8.95. The van der Waals surface area contributed by atoms with Crippen molar-refractivity contribution in [3.05, 3.63) is 0 Å². The molecule has 0 saturated heterocycles. The fourth-order valence-electron chi connectivity index (χ4n) is 1.34.